The van der Waals surface area contributed by atoms with Gasteiger partial charge in [0, 0.05) is 11.1 Å². The molecule has 0 fully saturated rings. The molecule has 2 N–H and O–H groups in total. The summed E-state index contributed by atoms with van der Waals surface area (Å²) in [5.41, 5.74) is 2.38. The maximum Gasteiger partial charge on any atom is 0.353 e. The van der Waals surface area contributed by atoms with Crippen molar-refractivity contribution >= 4 is 5.97 Å². The molecule has 1 heterocycles. The number of rotatable bonds is 5. The van der Waals surface area contributed by atoms with Crippen molar-refractivity contribution in [1.29, 1.82) is 0 Å². The van der Waals surface area contributed by atoms with E-state index in [1.165, 1.54) is 6.07 Å². The molecule has 2 rings (SSSR count). The third-order valence-corrected chi connectivity index (χ3v) is 3.09. The van der Waals surface area contributed by atoms with E-state index >= 15 is 0 Å². The Bertz CT molecular complexity index is 634. The molecule has 0 atom stereocenters. The molecule has 106 valence electrons. The molecular formula is C14H16N2O4. The molecule has 1 aromatic heterocycles. The number of carboxylic acid groups (broad SMARTS) is 1. The van der Waals surface area contributed by atoms with Crippen molar-refractivity contribution in [1.82, 2.24) is 10.2 Å². The summed E-state index contributed by atoms with van der Waals surface area (Å²) in [4.78, 5) is 10.9. The van der Waals surface area contributed by atoms with Crippen molar-refractivity contribution in [3.63, 3.8) is 0 Å². The highest BCUT2D eigenvalue weighted by molar-refractivity contribution is 5.87. The van der Waals surface area contributed by atoms with Gasteiger partial charge in [0.1, 0.15) is 5.69 Å². The predicted octanol–water partition coefficient (Wildman–Crippen LogP) is 2.35. The first kappa shape index (κ1) is 13.9. The van der Waals surface area contributed by atoms with Crippen LogP contribution in [0.4, 0.5) is 0 Å². The van der Waals surface area contributed by atoms with Gasteiger partial charge in [0.15, 0.2) is 11.5 Å². The minimum atomic E-state index is -1.04. The van der Waals surface area contributed by atoms with E-state index in [9.17, 15) is 4.79 Å². The highest BCUT2D eigenvalue weighted by atomic mass is 16.5. The molecular weight excluding hydrogens is 260 g/mol. The van der Waals surface area contributed by atoms with E-state index in [0.29, 0.717) is 23.6 Å². The zero-order valence-corrected chi connectivity index (χ0v) is 11.6. The molecule has 0 saturated carbocycles. The van der Waals surface area contributed by atoms with Crippen molar-refractivity contribution in [2.75, 3.05) is 14.2 Å². The number of hydrogen-bond donors (Lipinski definition) is 2. The van der Waals surface area contributed by atoms with Gasteiger partial charge in [-0.05, 0) is 24.6 Å². The van der Waals surface area contributed by atoms with E-state index in [-0.39, 0.29) is 5.69 Å². The fraction of sp³-hybridized carbons (Fsp3) is 0.286. The van der Waals surface area contributed by atoms with Gasteiger partial charge in [-0.3, -0.25) is 5.10 Å². The maximum absolute atomic E-state index is 10.9. The number of ether oxygens (including phenoxy) is 2. The summed E-state index contributed by atoms with van der Waals surface area (Å²) >= 11 is 0. The molecule has 0 saturated heterocycles. The largest absolute Gasteiger partial charge is 0.493 e. The summed E-state index contributed by atoms with van der Waals surface area (Å²) in [6.07, 6.45) is 0.713. The molecule has 1 aromatic carbocycles. The van der Waals surface area contributed by atoms with Gasteiger partial charge in [-0.25, -0.2) is 4.79 Å². The number of aromatic amines is 1. The minimum Gasteiger partial charge on any atom is -0.493 e. The predicted molar refractivity (Wildman–Crippen MR) is 73.5 cm³/mol. The molecule has 20 heavy (non-hydrogen) atoms. The SMILES string of the molecule is CCc1c(-c2cc(C(=O)O)[nH]n2)ccc(OC)c1OC. The smallest absolute Gasteiger partial charge is 0.353 e. The number of H-pyrrole nitrogens is 1. The Morgan fingerprint density at radius 3 is 2.60 bits per heavy atom. The first-order valence-electron chi connectivity index (χ1n) is 6.15. The van der Waals surface area contributed by atoms with Crippen LogP contribution in [0.1, 0.15) is 23.0 Å². The van der Waals surface area contributed by atoms with Gasteiger partial charge < -0.3 is 14.6 Å². The second kappa shape index (κ2) is 5.64. The average Bonchev–Trinajstić information content (AvgIpc) is 2.95. The van der Waals surface area contributed by atoms with Crippen LogP contribution in [0.2, 0.25) is 0 Å². The second-order valence-corrected chi connectivity index (χ2v) is 4.15. The molecule has 0 bridgehead atoms. The van der Waals surface area contributed by atoms with Crippen LogP contribution in [0, 0.1) is 0 Å². The van der Waals surface area contributed by atoms with E-state index in [1.54, 1.807) is 20.3 Å². The molecule has 6 nitrogen and oxygen atoms in total. The van der Waals surface area contributed by atoms with E-state index in [2.05, 4.69) is 10.2 Å². The van der Waals surface area contributed by atoms with Crippen LogP contribution >= 0.6 is 0 Å². The first-order chi connectivity index (χ1) is 9.62. The third kappa shape index (κ3) is 2.32. The zero-order chi connectivity index (χ0) is 14.7. The fourth-order valence-electron chi connectivity index (χ4n) is 2.15. The van der Waals surface area contributed by atoms with Crippen molar-refractivity contribution in [3.8, 4) is 22.8 Å². The van der Waals surface area contributed by atoms with Crippen LogP contribution < -0.4 is 9.47 Å². The van der Waals surface area contributed by atoms with E-state index in [4.69, 9.17) is 14.6 Å². The fourth-order valence-corrected chi connectivity index (χ4v) is 2.15. The summed E-state index contributed by atoms with van der Waals surface area (Å²) in [5, 5.41) is 15.5. The van der Waals surface area contributed by atoms with Crippen molar-refractivity contribution in [2.45, 2.75) is 13.3 Å². The lowest BCUT2D eigenvalue weighted by molar-refractivity contribution is 0.0690. The molecule has 6 heteroatoms. The number of nitrogens with zero attached hydrogens (tertiary/aromatic N) is 1. The molecule has 0 unspecified atom stereocenters. The number of nitrogens with one attached hydrogen (secondary N) is 1. The molecule has 0 amide bonds. The average molecular weight is 276 g/mol. The second-order valence-electron chi connectivity index (χ2n) is 4.15. The number of hydrogen-bond acceptors (Lipinski definition) is 4. The normalized spacial score (nSPS) is 10.3. The van der Waals surface area contributed by atoms with Gasteiger partial charge in [0.05, 0.1) is 19.9 Å². The van der Waals surface area contributed by atoms with Gasteiger partial charge in [-0.1, -0.05) is 6.92 Å². The number of carbonyl (C=O) groups is 1. The lowest BCUT2D eigenvalue weighted by atomic mass is 10.0. The molecule has 0 aliphatic heterocycles. The Kier molecular flexibility index (Phi) is 3.93. The van der Waals surface area contributed by atoms with Gasteiger partial charge in [-0.2, -0.15) is 5.10 Å². The molecule has 0 spiro atoms. The summed E-state index contributed by atoms with van der Waals surface area (Å²) in [6, 6.07) is 5.13. The van der Waals surface area contributed by atoms with Crippen LogP contribution in [0.15, 0.2) is 18.2 Å². The topological polar surface area (TPSA) is 84.4 Å². The standard InChI is InChI=1S/C14H16N2O4/c1-4-8-9(5-6-12(19-2)13(8)20-3)10-7-11(14(17)18)16-15-10/h5-7H,4H2,1-3H3,(H,15,16)(H,17,18). The van der Waals surface area contributed by atoms with Crippen LogP contribution in [0.25, 0.3) is 11.3 Å². The van der Waals surface area contributed by atoms with Gasteiger partial charge in [-0.15, -0.1) is 0 Å². The summed E-state index contributed by atoms with van der Waals surface area (Å²) < 4.78 is 10.7. The monoisotopic (exact) mass is 276 g/mol. The molecule has 0 aliphatic carbocycles. The number of methoxy groups -OCH3 is 2. The van der Waals surface area contributed by atoms with Crippen molar-refractivity contribution < 1.29 is 19.4 Å². The van der Waals surface area contributed by atoms with Crippen LogP contribution in [0.5, 0.6) is 11.5 Å². The highest BCUT2D eigenvalue weighted by Crippen LogP contribution is 2.37. The zero-order valence-electron chi connectivity index (χ0n) is 11.6. The third-order valence-electron chi connectivity index (χ3n) is 3.09. The Morgan fingerprint density at radius 2 is 2.10 bits per heavy atom. The number of aromatic carboxylic acids is 1. The summed E-state index contributed by atoms with van der Waals surface area (Å²) in [5.74, 6) is 0.247. The lowest BCUT2D eigenvalue weighted by Gasteiger charge is -2.14. The van der Waals surface area contributed by atoms with Crippen LogP contribution in [-0.4, -0.2) is 35.5 Å². The van der Waals surface area contributed by atoms with Crippen LogP contribution in [-0.2, 0) is 6.42 Å². The van der Waals surface area contributed by atoms with Crippen LogP contribution in [0.3, 0.4) is 0 Å². The minimum absolute atomic E-state index is 0.0526. The van der Waals surface area contributed by atoms with Gasteiger partial charge in [0.2, 0.25) is 0 Å². The van der Waals surface area contributed by atoms with E-state index in [0.717, 1.165) is 11.1 Å². The molecule has 2 aromatic rings. The number of aromatic nitrogens is 2. The Labute approximate surface area is 116 Å². The number of benzene rings is 1. The highest BCUT2D eigenvalue weighted by Gasteiger charge is 2.17. The first-order valence-corrected chi connectivity index (χ1v) is 6.15. The Hall–Kier alpha value is -2.50. The quantitative estimate of drug-likeness (QED) is 0.875. The van der Waals surface area contributed by atoms with Crippen molar-refractivity contribution in [2.24, 2.45) is 0 Å². The van der Waals surface area contributed by atoms with Crippen molar-refractivity contribution in [3.05, 3.63) is 29.5 Å². The lowest BCUT2D eigenvalue weighted by Crippen LogP contribution is -1.98. The molecule has 0 aliphatic rings. The summed E-state index contributed by atoms with van der Waals surface area (Å²) in [7, 11) is 3.15. The molecule has 0 radical (unpaired) electrons. The van der Waals surface area contributed by atoms with Gasteiger partial charge in [0.25, 0.3) is 0 Å². The Morgan fingerprint density at radius 1 is 1.35 bits per heavy atom. The van der Waals surface area contributed by atoms with E-state index < -0.39 is 5.97 Å². The maximum atomic E-state index is 10.9. The summed E-state index contributed by atoms with van der Waals surface area (Å²) in [6.45, 7) is 1.99. The van der Waals surface area contributed by atoms with E-state index in [1.807, 2.05) is 13.0 Å². The number of carboxylic acids is 1. The van der Waals surface area contributed by atoms with Gasteiger partial charge >= 0.3 is 5.97 Å². The Balaban J connectivity index is 2.58.